The van der Waals surface area contributed by atoms with Crippen molar-refractivity contribution in [1.29, 1.82) is 0 Å². The van der Waals surface area contributed by atoms with Gasteiger partial charge >= 0.3 is 0 Å². The summed E-state index contributed by atoms with van der Waals surface area (Å²) in [5.74, 6) is -1.49. The number of nitrogens with one attached hydrogen (secondary N) is 1. The van der Waals surface area contributed by atoms with Gasteiger partial charge in [0, 0.05) is 29.1 Å². The zero-order chi connectivity index (χ0) is 29.5. The quantitative estimate of drug-likeness (QED) is 0.236. The number of nitrogens with zero attached hydrogens (tertiary/aromatic N) is 3. The van der Waals surface area contributed by atoms with Crippen molar-refractivity contribution in [2.75, 3.05) is 6.54 Å². The maximum Gasteiger partial charge on any atom is 0.261 e. The lowest BCUT2D eigenvalue weighted by Gasteiger charge is -2.24. The minimum Gasteiger partial charge on any atom is -0.346 e. The molecule has 0 saturated carbocycles. The maximum absolute atomic E-state index is 14.1. The Morgan fingerprint density at radius 2 is 1.65 bits per heavy atom. The van der Waals surface area contributed by atoms with Crippen molar-refractivity contribution in [3.8, 4) is 22.4 Å². The van der Waals surface area contributed by atoms with Crippen LogP contribution in [0.1, 0.15) is 47.2 Å². The Bertz CT molecular complexity index is 1840. The molecule has 3 aromatic carbocycles. The van der Waals surface area contributed by atoms with E-state index in [1.165, 1.54) is 28.4 Å². The van der Waals surface area contributed by atoms with E-state index in [1.807, 2.05) is 35.1 Å². The predicted molar refractivity (Wildman–Crippen MR) is 162 cm³/mol. The summed E-state index contributed by atoms with van der Waals surface area (Å²) in [7, 11) is 0. The van der Waals surface area contributed by atoms with E-state index in [0.29, 0.717) is 21.6 Å². The Morgan fingerprint density at radius 1 is 0.907 bits per heavy atom. The van der Waals surface area contributed by atoms with Gasteiger partial charge in [0.25, 0.3) is 17.7 Å². The van der Waals surface area contributed by atoms with Crippen LogP contribution >= 0.6 is 11.3 Å². The average Bonchev–Trinajstić information content (AvgIpc) is 3.66. The zero-order valence-electron chi connectivity index (χ0n) is 23.1. The van der Waals surface area contributed by atoms with Gasteiger partial charge in [-0.2, -0.15) is 5.10 Å². The summed E-state index contributed by atoms with van der Waals surface area (Å²) >= 11 is 1.45. The molecule has 2 aliphatic heterocycles. The molecule has 0 saturated heterocycles. The summed E-state index contributed by atoms with van der Waals surface area (Å²) in [5, 5.41) is 7.72. The summed E-state index contributed by atoms with van der Waals surface area (Å²) in [6.45, 7) is 0.756. The van der Waals surface area contributed by atoms with Crippen LogP contribution in [0.4, 0.5) is 4.39 Å². The number of amides is 3. The van der Waals surface area contributed by atoms with Gasteiger partial charge in [-0.25, -0.2) is 4.39 Å². The average molecular weight is 591 g/mol. The monoisotopic (exact) mass is 590 g/mol. The fourth-order valence-electron chi connectivity index (χ4n) is 5.98. The van der Waals surface area contributed by atoms with Crippen LogP contribution in [0.25, 0.3) is 22.4 Å². The molecule has 43 heavy (non-hydrogen) atoms. The van der Waals surface area contributed by atoms with E-state index < -0.39 is 23.7 Å². The molecule has 2 aromatic heterocycles. The molecule has 7 rings (SSSR count). The zero-order valence-corrected chi connectivity index (χ0v) is 23.9. The van der Waals surface area contributed by atoms with Gasteiger partial charge in [0.2, 0.25) is 0 Å². The summed E-state index contributed by atoms with van der Waals surface area (Å²) in [6.07, 6.45) is 3.85. The van der Waals surface area contributed by atoms with E-state index in [9.17, 15) is 18.8 Å². The number of halogens is 1. The standard InChI is InChI=1S/C34H27FN4O3S/c35-23-11-6-8-21(16-23)17-24(20-38-33(41)25-12-4-5-13-26(25)34(38)42)37-32(40)30-18-27-29(43-30)14-7-15-39-31(27)28(19-36-39)22-9-2-1-3-10-22/h1-6,8-13,16,18-19,24H,7,14-15,17,20H2,(H,37,40)/t24-/m0/s1. The lowest BCUT2D eigenvalue weighted by atomic mass is 10.0. The second-order valence-electron chi connectivity index (χ2n) is 10.8. The minimum absolute atomic E-state index is 0.0371. The number of carbonyl (C=O) groups excluding carboxylic acids is 3. The number of imide groups is 1. The van der Waals surface area contributed by atoms with E-state index in [4.69, 9.17) is 0 Å². The molecular formula is C34H27FN4O3S. The van der Waals surface area contributed by atoms with Gasteiger partial charge in [0.05, 0.1) is 33.9 Å². The molecule has 3 amide bonds. The number of aryl methyl sites for hydroxylation is 2. The van der Waals surface area contributed by atoms with Crippen LogP contribution in [-0.2, 0) is 19.4 Å². The van der Waals surface area contributed by atoms with Crippen molar-refractivity contribution in [2.24, 2.45) is 0 Å². The fourth-order valence-corrected chi connectivity index (χ4v) is 7.08. The summed E-state index contributed by atoms with van der Waals surface area (Å²) in [5.41, 5.74) is 5.41. The molecule has 7 nitrogen and oxygen atoms in total. The molecule has 4 heterocycles. The van der Waals surface area contributed by atoms with Gasteiger partial charge in [-0.3, -0.25) is 24.0 Å². The molecule has 9 heteroatoms. The molecule has 1 N–H and O–H groups in total. The normalized spacial score (nSPS) is 14.6. The number of carbonyl (C=O) groups is 3. The first-order chi connectivity index (χ1) is 21.0. The smallest absolute Gasteiger partial charge is 0.261 e. The summed E-state index contributed by atoms with van der Waals surface area (Å²) < 4.78 is 16.1. The number of benzene rings is 3. The first-order valence-electron chi connectivity index (χ1n) is 14.2. The Hall–Kier alpha value is -4.89. The molecule has 214 valence electrons. The molecule has 0 bridgehead atoms. The van der Waals surface area contributed by atoms with E-state index in [0.717, 1.165) is 46.6 Å². The van der Waals surface area contributed by atoms with Crippen molar-refractivity contribution in [3.05, 3.63) is 123 Å². The van der Waals surface area contributed by atoms with Crippen LogP contribution < -0.4 is 5.32 Å². The van der Waals surface area contributed by atoms with E-state index in [-0.39, 0.29) is 18.9 Å². The number of fused-ring (bicyclic) bond motifs is 4. The third-order valence-corrected chi connectivity index (χ3v) is 9.17. The van der Waals surface area contributed by atoms with Crippen LogP contribution in [0.3, 0.4) is 0 Å². The Balaban J connectivity index is 1.19. The predicted octanol–water partition coefficient (Wildman–Crippen LogP) is 6.00. The highest BCUT2D eigenvalue weighted by atomic mass is 32.1. The molecule has 0 fully saturated rings. The Labute approximate surface area is 251 Å². The van der Waals surface area contributed by atoms with E-state index in [1.54, 1.807) is 36.4 Å². The molecule has 2 aliphatic rings. The highest BCUT2D eigenvalue weighted by Crippen LogP contribution is 2.40. The highest BCUT2D eigenvalue weighted by molar-refractivity contribution is 7.14. The second kappa shape index (κ2) is 11.1. The van der Waals surface area contributed by atoms with Gasteiger partial charge in [0.1, 0.15) is 5.82 Å². The largest absolute Gasteiger partial charge is 0.346 e. The van der Waals surface area contributed by atoms with Gasteiger partial charge < -0.3 is 5.32 Å². The minimum atomic E-state index is -0.635. The van der Waals surface area contributed by atoms with Crippen LogP contribution in [0.5, 0.6) is 0 Å². The fraction of sp³-hybridized carbons (Fsp3) is 0.176. The second-order valence-corrected chi connectivity index (χ2v) is 12.0. The highest BCUT2D eigenvalue weighted by Gasteiger charge is 2.37. The van der Waals surface area contributed by atoms with Crippen LogP contribution in [0.15, 0.2) is 91.1 Å². The molecule has 0 aliphatic carbocycles. The Morgan fingerprint density at radius 3 is 2.40 bits per heavy atom. The van der Waals surface area contributed by atoms with Crippen molar-refractivity contribution >= 4 is 29.1 Å². The van der Waals surface area contributed by atoms with Gasteiger partial charge in [0.15, 0.2) is 0 Å². The molecular weight excluding hydrogens is 563 g/mol. The van der Waals surface area contributed by atoms with Gasteiger partial charge in [-0.15, -0.1) is 11.3 Å². The third-order valence-electron chi connectivity index (χ3n) is 7.97. The van der Waals surface area contributed by atoms with Crippen LogP contribution in [0.2, 0.25) is 0 Å². The first-order valence-corrected chi connectivity index (χ1v) is 15.0. The molecule has 0 spiro atoms. The molecule has 5 aromatic rings. The number of hydrogen-bond acceptors (Lipinski definition) is 5. The number of hydrogen-bond donors (Lipinski definition) is 1. The van der Waals surface area contributed by atoms with Crippen LogP contribution in [-0.4, -0.2) is 45.0 Å². The number of rotatable bonds is 7. The van der Waals surface area contributed by atoms with E-state index in [2.05, 4.69) is 22.5 Å². The van der Waals surface area contributed by atoms with Gasteiger partial charge in [-0.05, 0) is 60.7 Å². The molecule has 0 unspecified atom stereocenters. The SMILES string of the molecule is O=C(N[C@@H](Cc1cccc(F)c1)CN1C(=O)c2ccccc2C1=O)c1cc2c(s1)CCCn1ncc(-c3ccccc3)c1-2. The third kappa shape index (κ3) is 5.06. The number of aromatic nitrogens is 2. The molecule has 0 radical (unpaired) electrons. The lowest BCUT2D eigenvalue weighted by Crippen LogP contribution is -2.46. The van der Waals surface area contributed by atoms with E-state index >= 15 is 0 Å². The maximum atomic E-state index is 14.1. The molecule has 1 atom stereocenters. The van der Waals surface area contributed by atoms with Crippen LogP contribution in [0, 0.1) is 5.82 Å². The lowest BCUT2D eigenvalue weighted by molar-refractivity contribution is 0.0629. The Kier molecular flexibility index (Phi) is 6.95. The first kappa shape index (κ1) is 27.0. The van der Waals surface area contributed by atoms with Crippen molar-refractivity contribution < 1.29 is 18.8 Å². The summed E-state index contributed by atoms with van der Waals surface area (Å²) in [6, 6.07) is 24.2. The van der Waals surface area contributed by atoms with Gasteiger partial charge in [-0.1, -0.05) is 54.6 Å². The summed E-state index contributed by atoms with van der Waals surface area (Å²) in [4.78, 5) is 42.9. The van der Waals surface area contributed by atoms with Crippen molar-refractivity contribution in [3.63, 3.8) is 0 Å². The number of thiophene rings is 1. The topological polar surface area (TPSA) is 84.3 Å². The van der Waals surface area contributed by atoms with Crippen molar-refractivity contribution in [1.82, 2.24) is 20.0 Å². The van der Waals surface area contributed by atoms with Crippen molar-refractivity contribution in [2.45, 2.75) is 31.8 Å².